The van der Waals surface area contributed by atoms with Crippen LogP contribution >= 0.6 is 0 Å². The summed E-state index contributed by atoms with van der Waals surface area (Å²) >= 11 is 0. The lowest BCUT2D eigenvalue weighted by Crippen LogP contribution is -2.10. The standard InChI is InChI=1S/C16H28O2.2C10H20/c1-13(2)15(16(17)18)12-14-10-8-6-4-3-5-7-9-11-14;2*1-2-4-6-8-10-9-7-5-3-1/h12-14H,3-11H2,1-2H3,(H,17,18);2*1-10H2. The minimum absolute atomic E-state index is 0.123. The predicted octanol–water partition coefficient (Wildman–Crippen LogP) is 12.6. The van der Waals surface area contributed by atoms with Gasteiger partial charge in [0.1, 0.15) is 0 Å². The quantitative estimate of drug-likeness (QED) is 0.367. The molecule has 3 aliphatic carbocycles. The Labute approximate surface area is 239 Å². The van der Waals surface area contributed by atoms with Gasteiger partial charge in [0.2, 0.25) is 0 Å². The van der Waals surface area contributed by atoms with Crippen LogP contribution in [-0.2, 0) is 4.79 Å². The molecule has 0 aromatic carbocycles. The molecule has 0 unspecified atom stereocenters. The van der Waals surface area contributed by atoms with Gasteiger partial charge >= 0.3 is 5.97 Å². The maximum absolute atomic E-state index is 11.2. The van der Waals surface area contributed by atoms with Crippen molar-refractivity contribution in [1.29, 1.82) is 0 Å². The molecule has 0 saturated heterocycles. The van der Waals surface area contributed by atoms with Gasteiger partial charge in [-0.1, -0.05) is 193 Å². The van der Waals surface area contributed by atoms with E-state index >= 15 is 0 Å². The summed E-state index contributed by atoms with van der Waals surface area (Å²) in [6.07, 6.45) is 43.6. The van der Waals surface area contributed by atoms with Crippen molar-refractivity contribution in [2.24, 2.45) is 11.8 Å². The first-order valence-electron chi connectivity index (χ1n) is 17.6. The van der Waals surface area contributed by atoms with Crippen LogP contribution in [0.4, 0.5) is 0 Å². The van der Waals surface area contributed by atoms with Crippen LogP contribution in [0.15, 0.2) is 11.6 Å². The molecule has 0 bridgehead atoms. The molecule has 2 heteroatoms. The summed E-state index contributed by atoms with van der Waals surface area (Å²) in [6, 6.07) is 0. The zero-order valence-electron chi connectivity index (χ0n) is 26.1. The van der Waals surface area contributed by atoms with Gasteiger partial charge in [0.15, 0.2) is 0 Å². The molecule has 2 nitrogen and oxygen atoms in total. The van der Waals surface area contributed by atoms with E-state index in [0.717, 1.165) is 0 Å². The fourth-order valence-electron chi connectivity index (χ4n) is 6.31. The van der Waals surface area contributed by atoms with E-state index in [9.17, 15) is 9.90 Å². The summed E-state index contributed by atoms with van der Waals surface area (Å²) in [4.78, 5) is 11.2. The molecule has 0 aliphatic heterocycles. The lowest BCUT2D eigenvalue weighted by molar-refractivity contribution is -0.133. The molecular formula is C36H68O2. The summed E-state index contributed by atoms with van der Waals surface area (Å²) in [7, 11) is 0. The van der Waals surface area contributed by atoms with Crippen LogP contribution in [0.3, 0.4) is 0 Å². The van der Waals surface area contributed by atoms with Crippen molar-refractivity contribution in [1.82, 2.24) is 0 Å². The molecule has 0 aromatic heterocycles. The Hall–Kier alpha value is -0.790. The lowest BCUT2D eigenvalue weighted by Gasteiger charge is -2.17. The van der Waals surface area contributed by atoms with Crippen molar-refractivity contribution in [2.75, 3.05) is 0 Å². The maximum Gasteiger partial charge on any atom is 0.331 e. The first kappa shape index (κ1) is 35.2. The number of carboxylic acid groups (broad SMARTS) is 1. The third-order valence-corrected chi connectivity index (χ3v) is 8.93. The number of carbonyl (C=O) groups is 1. The van der Waals surface area contributed by atoms with Crippen LogP contribution in [0.25, 0.3) is 0 Å². The van der Waals surface area contributed by atoms with Crippen molar-refractivity contribution < 1.29 is 9.90 Å². The molecule has 0 heterocycles. The minimum atomic E-state index is -0.734. The fourth-order valence-corrected chi connectivity index (χ4v) is 6.31. The van der Waals surface area contributed by atoms with Crippen molar-refractivity contribution in [2.45, 2.75) is 200 Å². The van der Waals surface area contributed by atoms with Crippen molar-refractivity contribution in [3.05, 3.63) is 11.6 Å². The molecule has 3 aliphatic rings. The predicted molar refractivity (Wildman–Crippen MR) is 168 cm³/mol. The number of carboxylic acids is 1. The van der Waals surface area contributed by atoms with Crippen LogP contribution in [0.5, 0.6) is 0 Å². The first-order chi connectivity index (χ1) is 18.6. The third-order valence-electron chi connectivity index (χ3n) is 8.93. The topological polar surface area (TPSA) is 37.3 Å². The number of rotatable bonds is 3. The summed E-state index contributed by atoms with van der Waals surface area (Å²) in [6.45, 7) is 3.94. The average Bonchev–Trinajstić information content (AvgIpc) is 2.93. The van der Waals surface area contributed by atoms with Gasteiger partial charge in [0.05, 0.1) is 0 Å². The summed E-state index contributed by atoms with van der Waals surface area (Å²) in [5.74, 6) is -0.128. The van der Waals surface area contributed by atoms with Crippen LogP contribution in [0, 0.1) is 11.8 Å². The van der Waals surface area contributed by atoms with Crippen LogP contribution in [-0.4, -0.2) is 11.1 Å². The Morgan fingerprint density at radius 3 is 0.868 bits per heavy atom. The maximum atomic E-state index is 11.2. The van der Waals surface area contributed by atoms with Gasteiger partial charge in [0, 0.05) is 5.57 Å². The Balaban J connectivity index is 0.000000307. The number of aliphatic carboxylic acids is 1. The Morgan fingerprint density at radius 1 is 0.474 bits per heavy atom. The highest BCUT2D eigenvalue weighted by Crippen LogP contribution is 2.25. The molecule has 3 rings (SSSR count). The second-order valence-corrected chi connectivity index (χ2v) is 13.0. The third kappa shape index (κ3) is 22.1. The molecule has 224 valence electrons. The molecule has 0 spiro atoms. The Morgan fingerprint density at radius 2 is 0.684 bits per heavy atom. The second kappa shape index (κ2) is 26.4. The van der Waals surface area contributed by atoms with E-state index in [1.54, 1.807) is 0 Å². The van der Waals surface area contributed by atoms with Gasteiger partial charge in [-0.25, -0.2) is 4.79 Å². The Bertz CT molecular complexity index is 453. The highest BCUT2D eigenvalue weighted by molar-refractivity contribution is 5.87. The molecule has 0 atom stereocenters. The molecule has 1 N–H and O–H groups in total. The second-order valence-electron chi connectivity index (χ2n) is 13.0. The van der Waals surface area contributed by atoms with Gasteiger partial charge in [-0.15, -0.1) is 0 Å². The molecule has 3 fully saturated rings. The zero-order valence-corrected chi connectivity index (χ0v) is 26.1. The summed E-state index contributed by atoms with van der Waals surface area (Å²) in [5, 5.41) is 9.23. The highest BCUT2D eigenvalue weighted by atomic mass is 16.4. The monoisotopic (exact) mass is 533 g/mol. The van der Waals surface area contributed by atoms with Crippen LogP contribution in [0.1, 0.15) is 200 Å². The normalized spacial score (nSPS) is 22.6. The first-order valence-corrected chi connectivity index (χ1v) is 17.6. The van der Waals surface area contributed by atoms with Crippen molar-refractivity contribution in [3.8, 4) is 0 Å². The van der Waals surface area contributed by atoms with Gasteiger partial charge < -0.3 is 5.11 Å². The molecule has 0 amide bonds. The largest absolute Gasteiger partial charge is 0.478 e. The van der Waals surface area contributed by atoms with Crippen LogP contribution < -0.4 is 0 Å². The molecular weight excluding hydrogens is 464 g/mol. The SMILES string of the molecule is C1CCCCCCCCC1.C1CCCCCCCCC1.CC(C)C(=CC1CCCCCCCCC1)C(=O)O. The van der Waals surface area contributed by atoms with E-state index in [-0.39, 0.29) is 5.92 Å². The van der Waals surface area contributed by atoms with Gasteiger partial charge in [-0.05, 0) is 24.7 Å². The average molecular weight is 533 g/mol. The summed E-state index contributed by atoms with van der Waals surface area (Å²) in [5.41, 5.74) is 0.608. The molecule has 0 radical (unpaired) electrons. The number of hydrogen-bond acceptors (Lipinski definition) is 1. The number of allylic oxidation sites excluding steroid dienone is 1. The fraction of sp³-hybridized carbons (Fsp3) is 0.917. The van der Waals surface area contributed by atoms with Gasteiger partial charge in [-0.3, -0.25) is 0 Å². The van der Waals surface area contributed by atoms with Crippen molar-refractivity contribution >= 4 is 5.97 Å². The van der Waals surface area contributed by atoms with E-state index in [0.29, 0.717) is 11.5 Å². The molecule has 0 aromatic rings. The van der Waals surface area contributed by atoms with Crippen LogP contribution in [0.2, 0.25) is 0 Å². The van der Waals surface area contributed by atoms with Gasteiger partial charge in [-0.2, -0.15) is 0 Å². The lowest BCUT2D eigenvalue weighted by atomic mass is 9.89. The molecule has 38 heavy (non-hydrogen) atoms. The number of hydrogen-bond donors (Lipinski definition) is 1. The van der Waals surface area contributed by atoms with Gasteiger partial charge in [0.25, 0.3) is 0 Å². The van der Waals surface area contributed by atoms with Crippen molar-refractivity contribution in [3.63, 3.8) is 0 Å². The van der Waals surface area contributed by atoms with E-state index in [4.69, 9.17) is 0 Å². The Kier molecular flexibility index (Phi) is 24.5. The molecule has 3 saturated carbocycles. The van der Waals surface area contributed by atoms with E-state index in [1.165, 1.54) is 186 Å². The van der Waals surface area contributed by atoms with E-state index in [2.05, 4.69) is 6.08 Å². The van der Waals surface area contributed by atoms with E-state index < -0.39 is 5.97 Å². The minimum Gasteiger partial charge on any atom is -0.478 e. The van der Waals surface area contributed by atoms with E-state index in [1.807, 2.05) is 13.8 Å². The smallest absolute Gasteiger partial charge is 0.331 e. The highest BCUT2D eigenvalue weighted by Gasteiger charge is 2.15. The zero-order chi connectivity index (χ0) is 27.5. The summed E-state index contributed by atoms with van der Waals surface area (Å²) < 4.78 is 0.